The molecule has 38 heavy (non-hydrogen) atoms. The minimum atomic E-state index is -4.65. The van der Waals surface area contributed by atoms with Crippen LogP contribution in [0.5, 0.6) is 0 Å². The molecule has 0 spiro atoms. The fourth-order valence-electron chi connectivity index (χ4n) is 4.20. The summed E-state index contributed by atoms with van der Waals surface area (Å²) in [4.78, 5) is 25.7. The van der Waals surface area contributed by atoms with E-state index in [4.69, 9.17) is 16.3 Å². The molecule has 3 atom stereocenters. The molecular weight excluding hydrogens is 525 g/mol. The number of alkyl halides is 3. The zero-order chi connectivity index (χ0) is 27.0. The van der Waals surface area contributed by atoms with E-state index in [0.717, 1.165) is 24.1 Å². The van der Waals surface area contributed by atoms with Crippen LogP contribution in [0, 0.1) is 6.92 Å². The molecule has 2 amide bonds. The van der Waals surface area contributed by atoms with Crippen molar-refractivity contribution in [3.63, 3.8) is 0 Å². The van der Waals surface area contributed by atoms with Gasteiger partial charge in [-0.15, -0.1) is 0 Å². The van der Waals surface area contributed by atoms with E-state index in [0.29, 0.717) is 36.2 Å². The monoisotopic (exact) mass is 548 g/mol. The maximum Gasteiger partial charge on any atom is 0.417 e. The molecule has 2 aliphatic heterocycles. The molecule has 3 aromatic rings. The van der Waals surface area contributed by atoms with Gasteiger partial charge in [-0.25, -0.2) is 9.78 Å². The number of urea groups is 1. The van der Waals surface area contributed by atoms with Crippen molar-refractivity contribution >= 4 is 40.6 Å². The first kappa shape index (κ1) is 25.9. The molecule has 14 heteroatoms. The summed E-state index contributed by atoms with van der Waals surface area (Å²) in [6.07, 6.45) is -2.69. The number of ether oxygens (including phenoxy) is 1. The van der Waals surface area contributed by atoms with Crippen LogP contribution in [0.15, 0.2) is 42.7 Å². The number of amides is 2. The average Bonchev–Trinajstić information content (AvgIpc) is 2.94. The molecule has 200 valence electrons. The van der Waals surface area contributed by atoms with E-state index < -0.39 is 22.8 Å². The van der Waals surface area contributed by atoms with Gasteiger partial charge in [0, 0.05) is 17.9 Å². The first-order chi connectivity index (χ1) is 18.1. The third-order valence-electron chi connectivity index (χ3n) is 6.19. The first-order valence-corrected chi connectivity index (χ1v) is 12.2. The molecule has 1 saturated heterocycles. The Morgan fingerprint density at radius 2 is 1.87 bits per heavy atom. The minimum absolute atomic E-state index is 0.0144. The molecule has 3 unspecified atom stereocenters. The quantitative estimate of drug-likeness (QED) is 0.388. The van der Waals surface area contributed by atoms with Crippen LogP contribution in [-0.4, -0.2) is 45.2 Å². The smallest absolute Gasteiger partial charge is 0.364 e. The highest BCUT2D eigenvalue weighted by Crippen LogP contribution is 2.36. The van der Waals surface area contributed by atoms with Gasteiger partial charge in [0.1, 0.15) is 12.4 Å². The number of rotatable bonds is 5. The number of halogens is 4. The van der Waals surface area contributed by atoms with Gasteiger partial charge in [0.2, 0.25) is 0 Å². The number of benzene rings is 2. The molecule has 0 aliphatic carbocycles. The predicted octanol–water partition coefficient (Wildman–Crippen LogP) is 5.41. The van der Waals surface area contributed by atoms with Crippen LogP contribution in [0.4, 0.5) is 41.0 Å². The second-order valence-electron chi connectivity index (χ2n) is 8.90. The van der Waals surface area contributed by atoms with Gasteiger partial charge in [-0.2, -0.15) is 33.3 Å². The molecule has 3 N–H and O–H groups in total. The summed E-state index contributed by atoms with van der Waals surface area (Å²) in [6.45, 7) is 5.08. The molecular formula is C24H24ClF3N8O2. The molecule has 1 aromatic heterocycles. The number of carbonyl (C=O) groups excluding carboxylic acids is 1. The molecule has 4 bridgehead atoms. The van der Waals surface area contributed by atoms with E-state index in [2.05, 4.69) is 36.0 Å². The van der Waals surface area contributed by atoms with Gasteiger partial charge in [-0.05, 0) is 49.2 Å². The van der Waals surface area contributed by atoms with E-state index in [9.17, 15) is 18.0 Å². The standard InChI is InChI=1S/C24H24ClF3N8O2/c1-3-16-10-35-11-20(38-16)21-29-12-30-22(33-21)36(35)34-19-9-15(5-4-13(19)2)32-23(37)31-14-6-7-18(25)17(8-14)24(26,27)28/h4-9,12,16,20,34H,3,10-11H2,1-2H3,(H2,31,32,37). The predicted molar refractivity (Wildman–Crippen MR) is 136 cm³/mol. The lowest BCUT2D eigenvalue weighted by molar-refractivity contribution is -0.137. The van der Waals surface area contributed by atoms with Crippen LogP contribution >= 0.6 is 11.6 Å². The second-order valence-corrected chi connectivity index (χ2v) is 9.30. The topological polar surface area (TPSA) is 108 Å². The van der Waals surface area contributed by atoms with Gasteiger partial charge < -0.3 is 15.4 Å². The molecule has 2 aromatic carbocycles. The van der Waals surface area contributed by atoms with Gasteiger partial charge in [0.25, 0.3) is 5.95 Å². The number of hydrogen-bond acceptors (Lipinski definition) is 8. The fourth-order valence-corrected chi connectivity index (χ4v) is 4.43. The van der Waals surface area contributed by atoms with Crippen LogP contribution < -0.4 is 21.2 Å². The lowest BCUT2D eigenvalue weighted by Crippen LogP contribution is -2.54. The molecule has 5 rings (SSSR count). The Balaban J connectivity index is 1.34. The SMILES string of the molecule is CCC1CN2CC(O1)c1ncnc(n1)N2Nc1cc(NC(=O)Nc2ccc(Cl)c(C(F)(F)F)c2)ccc1C. The fraction of sp³-hybridized carbons (Fsp3) is 0.333. The number of nitrogens with zero attached hydrogens (tertiary/aromatic N) is 5. The normalized spacial score (nSPS) is 20.5. The summed E-state index contributed by atoms with van der Waals surface area (Å²) in [5.74, 6) is 0.957. The van der Waals surface area contributed by atoms with Crippen LogP contribution in [0.3, 0.4) is 0 Å². The molecule has 1 fully saturated rings. The molecule has 0 saturated carbocycles. The van der Waals surface area contributed by atoms with E-state index in [1.807, 2.05) is 13.8 Å². The number of hydrazine groups is 2. The number of anilines is 4. The zero-order valence-corrected chi connectivity index (χ0v) is 21.1. The first-order valence-electron chi connectivity index (χ1n) is 11.8. The number of hydrogen-bond donors (Lipinski definition) is 3. The van der Waals surface area contributed by atoms with Gasteiger partial charge in [0.15, 0.2) is 5.82 Å². The Morgan fingerprint density at radius 1 is 1.13 bits per heavy atom. The largest absolute Gasteiger partial charge is 0.417 e. The molecule has 10 nitrogen and oxygen atoms in total. The van der Waals surface area contributed by atoms with Crippen molar-refractivity contribution in [2.75, 3.05) is 34.3 Å². The van der Waals surface area contributed by atoms with Crippen LogP contribution in [0.1, 0.15) is 36.4 Å². The van der Waals surface area contributed by atoms with Crippen molar-refractivity contribution in [1.29, 1.82) is 0 Å². The van der Waals surface area contributed by atoms with Crippen molar-refractivity contribution in [3.8, 4) is 0 Å². The Kier molecular flexibility index (Phi) is 6.99. The third kappa shape index (κ3) is 5.44. The lowest BCUT2D eigenvalue weighted by atomic mass is 10.2. The zero-order valence-electron chi connectivity index (χ0n) is 20.4. The second kappa shape index (κ2) is 10.2. The van der Waals surface area contributed by atoms with Crippen molar-refractivity contribution in [3.05, 3.63) is 64.7 Å². The number of aromatic nitrogens is 3. The molecule has 3 heterocycles. The summed E-state index contributed by atoms with van der Waals surface area (Å²) >= 11 is 5.66. The van der Waals surface area contributed by atoms with Crippen molar-refractivity contribution in [2.45, 2.75) is 38.7 Å². The number of fused-ring (bicyclic) bond motifs is 5. The van der Waals surface area contributed by atoms with Crippen LogP contribution in [0.2, 0.25) is 5.02 Å². The number of morpholine rings is 1. The third-order valence-corrected chi connectivity index (χ3v) is 6.52. The summed E-state index contributed by atoms with van der Waals surface area (Å²) in [5.41, 5.74) is 4.20. The summed E-state index contributed by atoms with van der Waals surface area (Å²) in [6, 6.07) is 7.64. The summed E-state index contributed by atoms with van der Waals surface area (Å²) in [5, 5.41) is 8.40. The minimum Gasteiger partial charge on any atom is -0.364 e. The Labute approximate surface area is 221 Å². The average molecular weight is 549 g/mol. The van der Waals surface area contributed by atoms with E-state index in [-0.39, 0.29) is 17.9 Å². The Bertz CT molecular complexity index is 1360. The highest BCUT2D eigenvalue weighted by atomic mass is 35.5. The van der Waals surface area contributed by atoms with Gasteiger partial charge in [0.05, 0.1) is 28.9 Å². The van der Waals surface area contributed by atoms with Crippen molar-refractivity contribution in [2.24, 2.45) is 0 Å². The number of nitrogens with one attached hydrogen (secondary N) is 3. The van der Waals surface area contributed by atoms with Crippen molar-refractivity contribution < 1.29 is 22.7 Å². The lowest BCUT2D eigenvalue weighted by Gasteiger charge is -2.40. The molecule has 2 aliphatic rings. The van der Waals surface area contributed by atoms with Crippen LogP contribution in [-0.2, 0) is 10.9 Å². The highest BCUT2D eigenvalue weighted by Gasteiger charge is 2.37. The Hall–Kier alpha value is -3.68. The highest BCUT2D eigenvalue weighted by molar-refractivity contribution is 6.31. The van der Waals surface area contributed by atoms with Gasteiger partial charge in [-0.1, -0.05) is 24.6 Å². The van der Waals surface area contributed by atoms with Gasteiger partial charge >= 0.3 is 12.2 Å². The number of carbonyl (C=O) groups is 1. The van der Waals surface area contributed by atoms with E-state index >= 15 is 0 Å². The molecule has 0 radical (unpaired) electrons. The van der Waals surface area contributed by atoms with Gasteiger partial charge in [-0.3, -0.25) is 5.43 Å². The maximum absolute atomic E-state index is 13.2. The maximum atomic E-state index is 13.2. The van der Waals surface area contributed by atoms with E-state index in [1.165, 1.54) is 12.4 Å². The number of aryl methyl sites for hydroxylation is 1. The Morgan fingerprint density at radius 3 is 2.61 bits per heavy atom. The van der Waals surface area contributed by atoms with Crippen molar-refractivity contribution in [1.82, 2.24) is 20.0 Å². The van der Waals surface area contributed by atoms with E-state index in [1.54, 1.807) is 23.3 Å². The van der Waals surface area contributed by atoms with Crippen LogP contribution in [0.25, 0.3) is 0 Å². The summed E-state index contributed by atoms with van der Waals surface area (Å²) < 4.78 is 45.6. The summed E-state index contributed by atoms with van der Waals surface area (Å²) in [7, 11) is 0.